The SMILES string of the molecule is CCCCCCN(CC)CCn1c(C)nc2cc(C=CC(=O)NO)ccc21. The van der Waals surface area contributed by atoms with E-state index in [1.54, 1.807) is 11.6 Å². The van der Waals surface area contributed by atoms with E-state index in [4.69, 9.17) is 5.21 Å². The first kappa shape index (κ1) is 21.1. The van der Waals surface area contributed by atoms with Crippen LogP contribution in [0.15, 0.2) is 24.3 Å². The summed E-state index contributed by atoms with van der Waals surface area (Å²) >= 11 is 0. The quantitative estimate of drug-likeness (QED) is 0.273. The number of likely N-dealkylation sites (N-methyl/N-ethyl adjacent to an activating group) is 1. The van der Waals surface area contributed by atoms with E-state index < -0.39 is 5.91 Å². The van der Waals surface area contributed by atoms with Crippen LogP contribution in [0.4, 0.5) is 0 Å². The second kappa shape index (κ2) is 10.8. The minimum atomic E-state index is -0.546. The number of benzene rings is 1. The Morgan fingerprint density at radius 1 is 1.26 bits per heavy atom. The van der Waals surface area contributed by atoms with Crippen LogP contribution in [0.1, 0.15) is 50.9 Å². The number of carbonyl (C=O) groups excluding carboxylic acids is 1. The Balaban J connectivity index is 2.04. The summed E-state index contributed by atoms with van der Waals surface area (Å²) in [7, 11) is 0. The summed E-state index contributed by atoms with van der Waals surface area (Å²) in [5, 5.41) is 8.56. The van der Waals surface area contributed by atoms with Gasteiger partial charge in [0, 0.05) is 19.2 Å². The van der Waals surface area contributed by atoms with Crippen molar-refractivity contribution in [2.75, 3.05) is 19.6 Å². The zero-order valence-corrected chi connectivity index (χ0v) is 16.7. The van der Waals surface area contributed by atoms with Gasteiger partial charge in [-0.15, -0.1) is 0 Å². The fourth-order valence-electron chi connectivity index (χ4n) is 3.29. The Morgan fingerprint density at radius 2 is 2.07 bits per heavy atom. The molecule has 2 N–H and O–H groups in total. The van der Waals surface area contributed by atoms with Gasteiger partial charge in [0.05, 0.1) is 11.0 Å². The molecule has 0 aliphatic carbocycles. The number of aromatic nitrogens is 2. The first-order chi connectivity index (χ1) is 13.1. The largest absolute Gasteiger partial charge is 0.327 e. The lowest BCUT2D eigenvalue weighted by Crippen LogP contribution is -2.28. The van der Waals surface area contributed by atoms with Crippen LogP contribution in [0.5, 0.6) is 0 Å². The number of hydrogen-bond acceptors (Lipinski definition) is 4. The minimum Gasteiger partial charge on any atom is -0.327 e. The molecule has 0 saturated carbocycles. The number of hydrogen-bond donors (Lipinski definition) is 2. The predicted molar refractivity (Wildman–Crippen MR) is 110 cm³/mol. The van der Waals surface area contributed by atoms with Crippen LogP contribution in [0, 0.1) is 6.92 Å². The van der Waals surface area contributed by atoms with Crippen LogP contribution in [-0.2, 0) is 11.3 Å². The number of carbonyl (C=O) groups is 1. The van der Waals surface area contributed by atoms with E-state index in [1.807, 2.05) is 25.1 Å². The van der Waals surface area contributed by atoms with Crippen molar-refractivity contribution in [2.24, 2.45) is 0 Å². The normalized spacial score (nSPS) is 11.7. The van der Waals surface area contributed by atoms with Gasteiger partial charge in [0.1, 0.15) is 5.82 Å². The van der Waals surface area contributed by atoms with Crippen LogP contribution in [0.3, 0.4) is 0 Å². The molecular formula is C21H32N4O2. The second-order valence-corrected chi connectivity index (χ2v) is 6.86. The third-order valence-electron chi connectivity index (χ3n) is 4.92. The molecule has 2 rings (SSSR count). The fraction of sp³-hybridized carbons (Fsp3) is 0.524. The highest BCUT2D eigenvalue weighted by Crippen LogP contribution is 2.19. The summed E-state index contributed by atoms with van der Waals surface area (Å²) in [6.07, 6.45) is 8.12. The van der Waals surface area contributed by atoms with Crippen molar-refractivity contribution in [1.82, 2.24) is 19.9 Å². The van der Waals surface area contributed by atoms with Gasteiger partial charge in [0.2, 0.25) is 0 Å². The van der Waals surface area contributed by atoms with Crippen molar-refractivity contribution in [3.63, 3.8) is 0 Å². The maximum absolute atomic E-state index is 11.1. The Morgan fingerprint density at radius 3 is 2.78 bits per heavy atom. The topological polar surface area (TPSA) is 70.4 Å². The Labute approximate surface area is 161 Å². The number of amides is 1. The Hall–Kier alpha value is -2.18. The van der Waals surface area contributed by atoms with Gasteiger partial charge in [0.15, 0.2) is 0 Å². The van der Waals surface area contributed by atoms with Crippen LogP contribution in [0.2, 0.25) is 0 Å². The maximum Gasteiger partial charge on any atom is 0.267 e. The van der Waals surface area contributed by atoms with Crippen molar-refractivity contribution in [3.05, 3.63) is 35.7 Å². The molecule has 0 atom stereocenters. The van der Waals surface area contributed by atoms with Crippen LogP contribution in [-0.4, -0.2) is 45.2 Å². The average Bonchev–Trinajstić information content (AvgIpc) is 2.99. The van der Waals surface area contributed by atoms with Crippen LogP contribution < -0.4 is 5.48 Å². The zero-order valence-electron chi connectivity index (χ0n) is 16.7. The second-order valence-electron chi connectivity index (χ2n) is 6.86. The number of nitrogens with one attached hydrogen (secondary N) is 1. The molecule has 6 heteroatoms. The third kappa shape index (κ3) is 6.19. The van der Waals surface area contributed by atoms with Gasteiger partial charge >= 0.3 is 0 Å². The number of unbranched alkanes of at least 4 members (excludes halogenated alkanes) is 3. The maximum atomic E-state index is 11.1. The van der Waals surface area contributed by atoms with Gasteiger partial charge in [0.25, 0.3) is 5.91 Å². The van der Waals surface area contributed by atoms with E-state index in [0.29, 0.717) is 0 Å². The Bertz CT molecular complexity index is 767. The Kier molecular flexibility index (Phi) is 8.48. The summed E-state index contributed by atoms with van der Waals surface area (Å²) in [6.45, 7) is 10.7. The molecule has 27 heavy (non-hydrogen) atoms. The van der Waals surface area contributed by atoms with Crippen molar-refractivity contribution in [1.29, 1.82) is 0 Å². The molecule has 1 amide bonds. The first-order valence-corrected chi connectivity index (χ1v) is 9.90. The van der Waals surface area contributed by atoms with Crippen LogP contribution >= 0.6 is 0 Å². The van der Waals surface area contributed by atoms with Crippen LogP contribution in [0.25, 0.3) is 17.1 Å². The molecule has 0 fully saturated rings. The number of fused-ring (bicyclic) bond motifs is 1. The molecule has 6 nitrogen and oxygen atoms in total. The number of aryl methyl sites for hydroxylation is 1. The van der Waals surface area contributed by atoms with Gasteiger partial charge in [-0.1, -0.05) is 39.2 Å². The smallest absolute Gasteiger partial charge is 0.267 e. The molecule has 1 aromatic carbocycles. The third-order valence-corrected chi connectivity index (χ3v) is 4.92. The van der Waals surface area contributed by atoms with E-state index in [-0.39, 0.29) is 0 Å². The van der Waals surface area contributed by atoms with Crippen molar-refractivity contribution >= 4 is 23.0 Å². The monoisotopic (exact) mass is 372 g/mol. The lowest BCUT2D eigenvalue weighted by Gasteiger charge is -2.21. The molecule has 1 heterocycles. The van der Waals surface area contributed by atoms with E-state index in [2.05, 4.69) is 28.3 Å². The molecule has 2 aromatic rings. The summed E-state index contributed by atoms with van der Waals surface area (Å²) in [4.78, 5) is 18.3. The lowest BCUT2D eigenvalue weighted by atomic mass is 10.2. The predicted octanol–water partition coefficient (Wildman–Crippen LogP) is 3.77. The highest BCUT2D eigenvalue weighted by molar-refractivity contribution is 5.91. The molecule has 0 radical (unpaired) electrons. The molecule has 148 valence electrons. The number of hydroxylamine groups is 1. The van der Waals surface area contributed by atoms with Crippen molar-refractivity contribution in [2.45, 2.75) is 53.0 Å². The summed E-state index contributed by atoms with van der Waals surface area (Å²) < 4.78 is 2.26. The number of rotatable bonds is 11. The number of nitrogens with zero attached hydrogens (tertiary/aromatic N) is 3. The molecular weight excluding hydrogens is 340 g/mol. The molecule has 0 aliphatic heterocycles. The van der Waals surface area contributed by atoms with Gasteiger partial charge in [-0.3, -0.25) is 10.0 Å². The van der Waals surface area contributed by atoms with Crippen molar-refractivity contribution in [3.8, 4) is 0 Å². The highest BCUT2D eigenvalue weighted by Gasteiger charge is 2.09. The summed E-state index contributed by atoms with van der Waals surface area (Å²) in [5.41, 5.74) is 4.50. The molecule has 0 saturated heterocycles. The molecule has 1 aromatic heterocycles. The van der Waals surface area contributed by atoms with E-state index in [1.165, 1.54) is 31.8 Å². The van der Waals surface area contributed by atoms with E-state index in [9.17, 15) is 4.79 Å². The van der Waals surface area contributed by atoms with Gasteiger partial charge in [-0.05, 0) is 50.2 Å². The summed E-state index contributed by atoms with van der Waals surface area (Å²) in [6, 6.07) is 5.97. The molecule has 0 aliphatic rings. The minimum absolute atomic E-state index is 0.546. The first-order valence-electron chi connectivity index (χ1n) is 9.90. The molecule has 0 spiro atoms. The van der Waals surface area contributed by atoms with E-state index >= 15 is 0 Å². The fourth-order valence-corrected chi connectivity index (χ4v) is 3.29. The standard InChI is InChI=1S/C21H32N4O2/c1-4-6-7-8-13-24(5-2)14-15-25-17(3)22-19-16-18(9-11-20(19)25)10-12-21(26)23-27/h9-12,16,27H,4-8,13-15H2,1-3H3,(H,23,26). The van der Waals surface area contributed by atoms with Crippen molar-refractivity contribution < 1.29 is 10.0 Å². The van der Waals surface area contributed by atoms with Gasteiger partial charge in [-0.25, -0.2) is 10.5 Å². The number of imidazole rings is 1. The van der Waals surface area contributed by atoms with Gasteiger partial charge in [-0.2, -0.15) is 0 Å². The zero-order chi connectivity index (χ0) is 19.6. The average molecular weight is 373 g/mol. The van der Waals surface area contributed by atoms with Gasteiger partial charge < -0.3 is 9.47 Å². The summed E-state index contributed by atoms with van der Waals surface area (Å²) in [5.74, 6) is 0.455. The van der Waals surface area contributed by atoms with E-state index in [0.717, 1.165) is 48.6 Å². The molecule has 0 bridgehead atoms. The molecule has 0 unspecified atom stereocenters. The highest BCUT2D eigenvalue weighted by atomic mass is 16.5. The lowest BCUT2D eigenvalue weighted by molar-refractivity contribution is -0.124.